The van der Waals surface area contributed by atoms with Gasteiger partial charge in [0.05, 0.1) is 0 Å². The third-order valence-corrected chi connectivity index (χ3v) is 4.82. The maximum atomic E-state index is 5.70. The summed E-state index contributed by atoms with van der Waals surface area (Å²) in [5.41, 5.74) is 1.30. The van der Waals surface area contributed by atoms with Crippen molar-refractivity contribution in [2.45, 2.75) is 33.2 Å². The summed E-state index contributed by atoms with van der Waals surface area (Å²) in [6.45, 7) is 9.08. The van der Waals surface area contributed by atoms with Crippen LogP contribution in [0.1, 0.15) is 38.8 Å². The van der Waals surface area contributed by atoms with Gasteiger partial charge in [0.25, 0.3) is 0 Å². The van der Waals surface area contributed by atoms with Crippen molar-refractivity contribution in [3.05, 3.63) is 23.8 Å². The largest absolute Gasteiger partial charge is 0.486 e. The Balaban J connectivity index is 2.04. The number of ether oxygens (including phenoxy) is 2. The molecule has 1 heterocycles. The average molecular weight is 309 g/mol. The molecule has 0 amide bonds. The van der Waals surface area contributed by atoms with E-state index >= 15 is 0 Å². The van der Waals surface area contributed by atoms with Gasteiger partial charge in [-0.15, -0.1) is 0 Å². The van der Waals surface area contributed by atoms with Crippen molar-refractivity contribution in [3.63, 3.8) is 0 Å². The molecule has 118 valence electrons. The molecule has 0 saturated heterocycles. The zero-order valence-corrected chi connectivity index (χ0v) is 14.2. The van der Waals surface area contributed by atoms with Gasteiger partial charge in [-0.25, -0.2) is 0 Å². The van der Waals surface area contributed by atoms with Gasteiger partial charge in [0.1, 0.15) is 13.2 Å². The number of hydrogen-bond donors (Lipinski definition) is 1. The van der Waals surface area contributed by atoms with Gasteiger partial charge in [0.2, 0.25) is 0 Å². The van der Waals surface area contributed by atoms with E-state index in [4.69, 9.17) is 9.47 Å². The molecule has 0 aliphatic carbocycles. The fraction of sp³-hybridized carbons (Fsp3) is 0.647. The lowest BCUT2D eigenvalue weighted by Crippen LogP contribution is -2.25. The summed E-state index contributed by atoms with van der Waals surface area (Å²) in [7, 11) is 0. The van der Waals surface area contributed by atoms with Crippen LogP contribution in [0, 0.1) is 5.92 Å². The highest BCUT2D eigenvalue weighted by atomic mass is 32.2. The highest BCUT2D eigenvalue weighted by Gasteiger charge is 2.16. The van der Waals surface area contributed by atoms with Crippen molar-refractivity contribution in [3.8, 4) is 11.5 Å². The van der Waals surface area contributed by atoms with Crippen LogP contribution in [-0.4, -0.2) is 31.3 Å². The molecule has 4 heteroatoms. The smallest absolute Gasteiger partial charge is 0.161 e. The summed E-state index contributed by atoms with van der Waals surface area (Å²) in [4.78, 5) is 0. The van der Waals surface area contributed by atoms with Gasteiger partial charge in [-0.1, -0.05) is 26.8 Å². The molecule has 1 unspecified atom stereocenters. The zero-order valence-electron chi connectivity index (χ0n) is 13.4. The van der Waals surface area contributed by atoms with Gasteiger partial charge < -0.3 is 14.8 Å². The lowest BCUT2D eigenvalue weighted by molar-refractivity contribution is 0.171. The Hall–Kier alpha value is -0.870. The van der Waals surface area contributed by atoms with Crippen molar-refractivity contribution >= 4 is 11.8 Å². The second-order valence-electron chi connectivity index (χ2n) is 5.84. The molecule has 0 aromatic heterocycles. The number of thioether (sulfide) groups is 1. The van der Waals surface area contributed by atoms with Crippen molar-refractivity contribution in [2.75, 3.05) is 31.3 Å². The summed E-state index contributed by atoms with van der Waals surface area (Å²) in [6, 6.07) is 6.72. The van der Waals surface area contributed by atoms with Crippen LogP contribution in [0.2, 0.25) is 0 Å². The van der Waals surface area contributed by atoms with E-state index in [1.165, 1.54) is 11.3 Å². The second kappa shape index (κ2) is 8.54. The molecule has 0 saturated carbocycles. The minimum atomic E-state index is 0.379. The molecule has 0 bridgehead atoms. The Morgan fingerprint density at radius 2 is 1.90 bits per heavy atom. The Morgan fingerprint density at radius 1 is 1.14 bits per heavy atom. The number of fused-ring (bicyclic) bond motifs is 1. The topological polar surface area (TPSA) is 30.5 Å². The van der Waals surface area contributed by atoms with Gasteiger partial charge in [-0.3, -0.25) is 0 Å². The first-order chi connectivity index (χ1) is 10.2. The Morgan fingerprint density at radius 3 is 2.62 bits per heavy atom. The lowest BCUT2D eigenvalue weighted by Gasteiger charge is -2.23. The third kappa shape index (κ3) is 5.11. The quantitative estimate of drug-likeness (QED) is 0.789. The number of rotatable bonds is 8. The second-order valence-corrected chi connectivity index (χ2v) is 6.92. The zero-order chi connectivity index (χ0) is 15.1. The van der Waals surface area contributed by atoms with E-state index in [1.54, 1.807) is 0 Å². The fourth-order valence-electron chi connectivity index (χ4n) is 2.29. The van der Waals surface area contributed by atoms with E-state index in [2.05, 4.69) is 38.2 Å². The Bertz CT molecular complexity index is 437. The van der Waals surface area contributed by atoms with Gasteiger partial charge in [0, 0.05) is 11.8 Å². The van der Waals surface area contributed by atoms with E-state index in [-0.39, 0.29) is 0 Å². The van der Waals surface area contributed by atoms with Crippen molar-refractivity contribution in [1.82, 2.24) is 5.32 Å². The van der Waals surface area contributed by atoms with Crippen LogP contribution in [0.3, 0.4) is 0 Å². The first-order valence-corrected chi connectivity index (χ1v) is 9.06. The van der Waals surface area contributed by atoms with Crippen LogP contribution in [-0.2, 0) is 0 Å². The molecule has 2 rings (SSSR count). The molecule has 0 spiro atoms. The monoisotopic (exact) mass is 309 g/mol. The van der Waals surface area contributed by atoms with Gasteiger partial charge >= 0.3 is 0 Å². The van der Waals surface area contributed by atoms with E-state index in [9.17, 15) is 0 Å². The molecule has 0 fully saturated rings. The third-order valence-electron chi connectivity index (χ3n) is 3.35. The number of benzene rings is 1. The standard InChI is InChI=1S/C17H27NO2S/c1-4-7-18-15(12-21-11-13(2)3)14-5-6-16-17(10-14)20-9-8-19-16/h5-6,10,13,15,18H,4,7-9,11-12H2,1-3H3. The first kappa shape index (κ1) is 16.5. The molecule has 3 nitrogen and oxygen atoms in total. The predicted octanol–water partition coefficient (Wildman–Crippen LogP) is 3.89. The first-order valence-electron chi connectivity index (χ1n) is 7.91. The maximum Gasteiger partial charge on any atom is 0.161 e. The number of nitrogens with one attached hydrogen (secondary N) is 1. The summed E-state index contributed by atoms with van der Waals surface area (Å²) in [6.07, 6.45) is 1.15. The fourth-order valence-corrected chi connectivity index (χ4v) is 3.44. The van der Waals surface area contributed by atoms with Crippen LogP contribution >= 0.6 is 11.8 Å². The minimum Gasteiger partial charge on any atom is -0.486 e. The van der Waals surface area contributed by atoms with Gasteiger partial charge in [0.15, 0.2) is 11.5 Å². The van der Waals surface area contributed by atoms with Crippen LogP contribution in [0.15, 0.2) is 18.2 Å². The number of hydrogen-bond acceptors (Lipinski definition) is 4. The highest BCUT2D eigenvalue weighted by molar-refractivity contribution is 7.99. The SMILES string of the molecule is CCCNC(CSCC(C)C)c1ccc2c(c1)OCCO2. The average Bonchev–Trinajstić information content (AvgIpc) is 2.50. The molecule has 0 radical (unpaired) electrons. The predicted molar refractivity (Wildman–Crippen MR) is 90.6 cm³/mol. The molecular formula is C17H27NO2S. The minimum absolute atomic E-state index is 0.379. The van der Waals surface area contributed by atoms with Crippen molar-refractivity contribution in [1.29, 1.82) is 0 Å². The molecule has 1 aromatic carbocycles. The highest BCUT2D eigenvalue weighted by Crippen LogP contribution is 2.33. The molecule has 1 N–H and O–H groups in total. The van der Waals surface area contributed by atoms with Gasteiger partial charge in [-0.2, -0.15) is 11.8 Å². The Kier molecular flexibility index (Phi) is 6.71. The molecule has 1 aromatic rings. The summed E-state index contributed by atoms with van der Waals surface area (Å²) in [5.74, 6) is 4.79. The van der Waals surface area contributed by atoms with Crippen molar-refractivity contribution in [2.24, 2.45) is 5.92 Å². The lowest BCUT2D eigenvalue weighted by atomic mass is 10.1. The molecular weight excluding hydrogens is 282 g/mol. The van der Waals surface area contributed by atoms with Crippen LogP contribution in [0.25, 0.3) is 0 Å². The maximum absolute atomic E-state index is 5.70. The Labute approximate surface area is 132 Å². The molecule has 1 atom stereocenters. The van der Waals surface area contributed by atoms with E-state index in [0.717, 1.165) is 36.1 Å². The summed E-state index contributed by atoms with van der Waals surface area (Å²) in [5, 5.41) is 3.65. The van der Waals surface area contributed by atoms with E-state index in [0.29, 0.717) is 19.3 Å². The van der Waals surface area contributed by atoms with Crippen LogP contribution < -0.4 is 14.8 Å². The summed E-state index contributed by atoms with van der Waals surface area (Å²) >= 11 is 2.02. The molecule has 1 aliphatic rings. The normalized spacial score (nSPS) is 15.2. The van der Waals surface area contributed by atoms with Crippen molar-refractivity contribution < 1.29 is 9.47 Å². The van der Waals surface area contributed by atoms with E-state index in [1.807, 2.05) is 17.8 Å². The van der Waals surface area contributed by atoms with Gasteiger partial charge in [-0.05, 0) is 42.3 Å². The van der Waals surface area contributed by atoms with E-state index < -0.39 is 0 Å². The molecule has 21 heavy (non-hydrogen) atoms. The molecule has 1 aliphatic heterocycles. The van der Waals surface area contributed by atoms with Crippen LogP contribution in [0.5, 0.6) is 11.5 Å². The van der Waals surface area contributed by atoms with Crippen LogP contribution in [0.4, 0.5) is 0 Å². The summed E-state index contributed by atoms with van der Waals surface area (Å²) < 4.78 is 11.3.